The molecule has 1 aromatic heterocycles. The normalized spacial score (nSPS) is 19.0. The third-order valence-corrected chi connectivity index (χ3v) is 4.25. The van der Waals surface area contributed by atoms with Crippen LogP contribution in [0.3, 0.4) is 0 Å². The molecule has 1 atom stereocenters. The van der Waals surface area contributed by atoms with E-state index in [0.717, 1.165) is 37.6 Å². The molecule has 1 aliphatic heterocycles. The Morgan fingerprint density at radius 2 is 2.33 bits per heavy atom. The second-order valence-corrected chi connectivity index (χ2v) is 7.88. The van der Waals surface area contributed by atoms with Gasteiger partial charge in [0, 0.05) is 37.3 Å². The minimum Gasteiger partial charge on any atom is -0.444 e. The molecule has 0 radical (unpaired) electrons. The van der Waals surface area contributed by atoms with Gasteiger partial charge in [-0.3, -0.25) is 0 Å². The summed E-state index contributed by atoms with van der Waals surface area (Å²) in [4.78, 5) is 19.3. The summed E-state index contributed by atoms with van der Waals surface area (Å²) in [5, 5.41) is 4.56. The molecule has 0 aliphatic carbocycles. The quantitative estimate of drug-likeness (QED) is 0.929. The molecule has 2 heterocycles. The van der Waals surface area contributed by atoms with Gasteiger partial charge in [-0.05, 0) is 40.0 Å². The van der Waals surface area contributed by atoms with Crippen LogP contribution in [0.15, 0.2) is 6.20 Å². The van der Waals surface area contributed by atoms with Gasteiger partial charge in [0.2, 0.25) is 0 Å². The molecule has 1 N–H and O–H groups in total. The number of nitrogens with zero attached hydrogens (tertiary/aromatic N) is 2. The van der Waals surface area contributed by atoms with Crippen LogP contribution in [-0.2, 0) is 11.3 Å². The molecule has 0 aromatic carbocycles. The van der Waals surface area contributed by atoms with E-state index >= 15 is 0 Å². The highest BCUT2D eigenvalue weighted by Gasteiger charge is 2.29. The summed E-state index contributed by atoms with van der Waals surface area (Å²) >= 11 is 1.72. The van der Waals surface area contributed by atoms with E-state index < -0.39 is 5.60 Å². The minimum absolute atomic E-state index is 0.192. The maximum Gasteiger partial charge on any atom is 0.410 e. The first-order valence-corrected chi connectivity index (χ1v) is 8.25. The molecule has 6 heteroatoms. The van der Waals surface area contributed by atoms with Crippen molar-refractivity contribution in [2.75, 3.05) is 19.6 Å². The lowest BCUT2D eigenvalue weighted by Crippen LogP contribution is -2.36. The molecular weight excluding hydrogens is 286 g/mol. The SMILES string of the molecule is Cc1ncc(CNCC2CCN(C(=O)OC(C)(C)C)C2)s1. The Kier molecular flexibility index (Phi) is 5.22. The first kappa shape index (κ1) is 16.2. The van der Waals surface area contributed by atoms with Crippen molar-refractivity contribution in [1.82, 2.24) is 15.2 Å². The van der Waals surface area contributed by atoms with Gasteiger partial charge in [0.1, 0.15) is 5.60 Å². The summed E-state index contributed by atoms with van der Waals surface area (Å²) in [7, 11) is 0. The minimum atomic E-state index is -0.419. The van der Waals surface area contributed by atoms with Gasteiger partial charge in [-0.15, -0.1) is 11.3 Å². The van der Waals surface area contributed by atoms with Gasteiger partial charge in [0.15, 0.2) is 0 Å². The predicted molar refractivity (Wildman–Crippen MR) is 84.5 cm³/mol. The molecule has 0 bridgehead atoms. The lowest BCUT2D eigenvalue weighted by atomic mass is 10.1. The van der Waals surface area contributed by atoms with E-state index in [-0.39, 0.29) is 6.09 Å². The van der Waals surface area contributed by atoms with Crippen molar-refractivity contribution < 1.29 is 9.53 Å². The number of ether oxygens (including phenoxy) is 1. The average molecular weight is 311 g/mol. The maximum absolute atomic E-state index is 12.0. The second kappa shape index (κ2) is 6.75. The summed E-state index contributed by atoms with van der Waals surface area (Å²) < 4.78 is 5.41. The zero-order chi connectivity index (χ0) is 15.5. The zero-order valence-electron chi connectivity index (χ0n) is 13.3. The average Bonchev–Trinajstić information content (AvgIpc) is 2.97. The van der Waals surface area contributed by atoms with Crippen molar-refractivity contribution in [2.45, 2.75) is 46.3 Å². The largest absolute Gasteiger partial charge is 0.444 e. The number of thiazole rings is 1. The summed E-state index contributed by atoms with van der Waals surface area (Å²) in [5.41, 5.74) is -0.419. The van der Waals surface area contributed by atoms with Crippen molar-refractivity contribution >= 4 is 17.4 Å². The van der Waals surface area contributed by atoms with Crippen LogP contribution >= 0.6 is 11.3 Å². The van der Waals surface area contributed by atoms with Crippen molar-refractivity contribution in [3.05, 3.63) is 16.1 Å². The molecule has 1 fully saturated rings. The molecular formula is C15H25N3O2S. The fourth-order valence-electron chi connectivity index (χ4n) is 2.38. The van der Waals surface area contributed by atoms with Gasteiger partial charge in [-0.2, -0.15) is 0 Å². The first-order chi connectivity index (χ1) is 9.83. The van der Waals surface area contributed by atoms with Gasteiger partial charge in [-0.25, -0.2) is 9.78 Å². The van der Waals surface area contributed by atoms with Crippen molar-refractivity contribution in [2.24, 2.45) is 5.92 Å². The lowest BCUT2D eigenvalue weighted by Gasteiger charge is -2.24. The van der Waals surface area contributed by atoms with E-state index in [0.29, 0.717) is 5.92 Å². The van der Waals surface area contributed by atoms with E-state index in [2.05, 4.69) is 10.3 Å². The van der Waals surface area contributed by atoms with Crippen LogP contribution in [0.4, 0.5) is 4.79 Å². The van der Waals surface area contributed by atoms with Gasteiger partial charge in [-0.1, -0.05) is 0 Å². The molecule has 21 heavy (non-hydrogen) atoms. The number of hydrogen-bond acceptors (Lipinski definition) is 5. The predicted octanol–water partition coefficient (Wildman–Crippen LogP) is 2.80. The third kappa shape index (κ3) is 5.28. The highest BCUT2D eigenvalue weighted by molar-refractivity contribution is 7.11. The van der Waals surface area contributed by atoms with Gasteiger partial charge < -0.3 is 15.0 Å². The molecule has 1 aliphatic rings. The highest BCUT2D eigenvalue weighted by atomic mass is 32.1. The second-order valence-electron chi connectivity index (χ2n) is 6.56. The van der Waals surface area contributed by atoms with Crippen LogP contribution in [0.2, 0.25) is 0 Å². The molecule has 1 unspecified atom stereocenters. The Morgan fingerprint density at radius 3 is 2.95 bits per heavy atom. The maximum atomic E-state index is 12.0. The molecule has 0 spiro atoms. The molecule has 5 nitrogen and oxygen atoms in total. The summed E-state index contributed by atoms with van der Waals surface area (Å²) in [6, 6.07) is 0. The Morgan fingerprint density at radius 1 is 1.57 bits per heavy atom. The van der Waals surface area contributed by atoms with E-state index in [1.54, 1.807) is 11.3 Å². The van der Waals surface area contributed by atoms with E-state index in [1.807, 2.05) is 38.8 Å². The number of carbonyl (C=O) groups excluding carboxylic acids is 1. The number of rotatable bonds is 4. The Hall–Kier alpha value is -1.14. The van der Waals surface area contributed by atoms with Crippen LogP contribution in [0, 0.1) is 12.8 Å². The lowest BCUT2D eigenvalue weighted by molar-refractivity contribution is 0.0288. The molecule has 2 rings (SSSR count). The summed E-state index contributed by atoms with van der Waals surface area (Å²) in [6.45, 7) is 11.1. The summed E-state index contributed by atoms with van der Waals surface area (Å²) in [5.74, 6) is 0.506. The number of carbonyl (C=O) groups is 1. The monoisotopic (exact) mass is 311 g/mol. The molecule has 1 amide bonds. The highest BCUT2D eigenvalue weighted by Crippen LogP contribution is 2.19. The Balaban J connectivity index is 1.69. The number of aromatic nitrogens is 1. The fourth-order valence-corrected chi connectivity index (χ4v) is 3.14. The zero-order valence-corrected chi connectivity index (χ0v) is 14.1. The first-order valence-electron chi connectivity index (χ1n) is 7.43. The number of hydrogen-bond donors (Lipinski definition) is 1. The molecule has 118 valence electrons. The topological polar surface area (TPSA) is 54.5 Å². The van der Waals surface area contributed by atoms with Crippen LogP contribution in [-0.4, -0.2) is 41.2 Å². The summed E-state index contributed by atoms with van der Waals surface area (Å²) in [6.07, 6.45) is 2.77. The van der Waals surface area contributed by atoms with Crippen molar-refractivity contribution in [3.8, 4) is 0 Å². The number of nitrogens with one attached hydrogen (secondary N) is 1. The standard InChI is InChI=1S/C15H25N3O2S/c1-11-17-9-13(21-11)8-16-7-12-5-6-18(10-12)14(19)20-15(2,3)4/h9,12,16H,5-8,10H2,1-4H3. The van der Waals surface area contributed by atoms with Gasteiger partial charge in [0.25, 0.3) is 0 Å². The number of amides is 1. The molecule has 1 saturated heterocycles. The fraction of sp³-hybridized carbons (Fsp3) is 0.733. The van der Waals surface area contributed by atoms with E-state index in [1.165, 1.54) is 4.88 Å². The van der Waals surface area contributed by atoms with E-state index in [4.69, 9.17) is 4.74 Å². The smallest absolute Gasteiger partial charge is 0.410 e. The van der Waals surface area contributed by atoms with Crippen molar-refractivity contribution in [3.63, 3.8) is 0 Å². The van der Waals surface area contributed by atoms with Crippen LogP contribution in [0.25, 0.3) is 0 Å². The van der Waals surface area contributed by atoms with Crippen LogP contribution in [0.5, 0.6) is 0 Å². The Labute approximate surface area is 130 Å². The molecule has 0 saturated carbocycles. The Bertz CT molecular complexity index is 482. The van der Waals surface area contributed by atoms with Gasteiger partial charge in [0.05, 0.1) is 5.01 Å². The van der Waals surface area contributed by atoms with Gasteiger partial charge >= 0.3 is 6.09 Å². The number of aryl methyl sites for hydroxylation is 1. The third-order valence-electron chi connectivity index (χ3n) is 3.34. The van der Waals surface area contributed by atoms with E-state index in [9.17, 15) is 4.79 Å². The number of likely N-dealkylation sites (tertiary alicyclic amines) is 1. The van der Waals surface area contributed by atoms with Crippen molar-refractivity contribution in [1.29, 1.82) is 0 Å². The van der Waals surface area contributed by atoms with Crippen LogP contribution in [0.1, 0.15) is 37.1 Å². The van der Waals surface area contributed by atoms with Crippen LogP contribution < -0.4 is 5.32 Å². The molecule has 1 aromatic rings.